The van der Waals surface area contributed by atoms with E-state index in [4.69, 9.17) is 0 Å². The van der Waals surface area contributed by atoms with Crippen molar-refractivity contribution in [1.82, 2.24) is 0 Å². The fraction of sp³-hybridized carbons (Fsp3) is 1.00. The summed E-state index contributed by atoms with van der Waals surface area (Å²) >= 11 is 0. The molecule has 4 unspecified atom stereocenters. The minimum Gasteiger partial charge on any atom is -0.412 e. The van der Waals surface area contributed by atoms with Crippen molar-refractivity contribution in [2.45, 2.75) is 101 Å². The van der Waals surface area contributed by atoms with Gasteiger partial charge in [-0.1, -0.05) is 19.8 Å². The zero-order valence-corrected chi connectivity index (χ0v) is 17.5. The highest BCUT2D eigenvalue weighted by atomic mass is 19.3. The molecule has 3 rings (SSSR count). The molecule has 0 saturated heterocycles. The Hall–Kier alpha value is -0.650. The van der Waals surface area contributed by atoms with Gasteiger partial charge >= 0.3 is 6.11 Å². The highest BCUT2D eigenvalue weighted by molar-refractivity contribution is 4.95. The molecule has 188 valence electrons. The minimum atomic E-state index is -4.20. The summed E-state index contributed by atoms with van der Waals surface area (Å²) in [5.41, 5.74) is 0. The fourth-order valence-corrected chi connectivity index (χ4v) is 5.24. The van der Waals surface area contributed by atoms with Crippen LogP contribution in [0, 0.1) is 23.7 Å². The molecule has 4 nitrogen and oxygen atoms in total. The smallest absolute Gasteiger partial charge is 0.364 e. The van der Waals surface area contributed by atoms with Gasteiger partial charge < -0.3 is 21.2 Å². The number of hydrogen-bond acceptors (Lipinski definition) is 1. The third kappa shape index (κ3) is 6.91. The summed E-state index contributed by atoms with van der Waals surface area (Å²) in [6.07, 6.45) is -15.1. The molecule has 0 aromatic heterocycles. The Morgan fingerprint density at radius 1 is 0.645 bits per heavy atom. The molecule has 0 aliphatic heterocycles. The first kappa shape index (κ1) is 30.4. The van der Waals surface area contributed by atoms with Crippen LogP contribution < -0.4 is 0 Å². The van der Waals surface area contributed by atoms with E-state index in [2.05, 4.69) is 11.7 Å². The molecule has 0 aromatic carbocycles. The fourth-order valence-electron chi connectivity index (χ4n) is 5.24. The molecule has 31 heavy (non-hydrogen) atoms. The van der Waals surface area contributed by atoms with Crippen molar-refractivity contribution in [2.24, 2.45) is 23.7 Å². The van der Waals surface area contributed by atoms with Crippen LogP contribution in [0.4, 0.5) is 30.7 Å². The van der Waals surface area contributed by atoms with Crippen LogP contribution in [0.5, 0.6) is 0 Å². The molecule has 0 bridgehead atoms. The Kier molecular flexibility index (Phi) is 11.7. The molecule has 0 radical (unpaired) electrons. The van der Waals surface area contributed by atoms with E-state index in [1.54, 1.807) is 0 Å². The van der Waals surface area contributed by atoms with Crippen molar-refractivity contribution < 1.29 is 51.9 Å². The molecule has 6 N–H and O–H groups in total. The van der Waals surface area contributed by atoms with Crippen LogP contribution in [-0.4, -0.2) is 59.5 Å². The number of halogens is 7. The van der Waals surface area contributed by atoms with Gasteiger partial charge in [-0.25, -0.2) is 22.0 Å². The van der Waals surface area contributed by atoms with Gasteiger partial charge in [0.1, 0.15) is 30.6 Å². The monoisotopic (exact) mass is 472 g/mol. The molecule has 4 atom stereocenters. The molecule has 0 aromatic rings. The van der Waals surface area contributed by atoms with Crippen molar-refractivity contribution in [3.8, 4) is 0 Å². The van der Waals surface area contributed by atoms with Gasteiger partial charge in [-0.15, -0.1) is 0 Å². The summed E-state index contributed by atoms with van der Waals surface area (Å²) in [6.45, 7) is 2.13. The molecule has 11 heteroatoms. The molecule has 3 aliphatic carbocycles. The van der Waals surface area contributed by atoms with E-state index in [0.29, 0.717) is 5.92 Å². The molecular formula is C20H35F7O4. The molecular weight excluding hydrogens is 437 g/mol. The first-order valence-electron chi connectivity index (χ1n) is 10.3. The van der Waals surface area contributed by atoms with E-state index >= 15 is 0 Å². The van der Waals surface area contributed by atoms with Gasteiger partial charge in [-0.05, 0) is 43.4 Å². The highest BCUT2D eigenvalue weighted by Gasteiger charge is 2.56. The van der Waals surface area contributed by atoms with Crippen molar-refractivity contribution in [2.75, 3.05) is 0 Å². The summed E-state index contributed by atoms with van der Waals surface area (Å²) in [4.78, 5) is 0. The van der Waals surface area contributed by atoms with Crippen molar-refractivity contribution in [3.63, 3.8) is 0 Å². The maximum absolute atomic E-state index is 14.6. The average Bonchev–Trinajstić information content (AvgIpc) is 2.59. The van der Waals surface area contributed by atoms with Gasteiger partial charge in [0, 0.05) is 12.8 Å². The average molecular weight is 472 g/mol. The lowest BCUT2D eigenvalue weighted by Crippen LogP contribution is -2.52. The molecule has 3 saturated carbocycles. The SMILES string of the molecule is CC1CCC(C2CC(F)C(C(F)(F)OC3CC(F)C(F)C(F)C3)C(F)C2)CC1.O.O.O. The summed E-state index contributed by atoms with van der Waals surface area (Å²) < 4.78 is 103. The molecule has 0 amide bonds. The van der Waals surface area contributed by atoms with Gasteiger partial charge in [0.2, 0.25) is 0 Å². The van der Waals surface area contributed by atoms with Gasteiger partial charge in [0.05, 0.1) is 6.10 Å². The number of hydrogen-bond donors (Lipinski definition) is 0. The molecule has 0 heterocycles. The second-order valence-electron chi connectivity index (χ2n) is 9.06. The van der Waals surface area contributed by atoms with Crippen LogP contribution in [0.1, 0.15) is 58.3 Å². The van der Waals surface area contributed by atoms with Crippen molar-refractivity contribution in [3.05, 3.63) is 0 Å². The van der Waals surface area contributed by atoms with E-state index in [-0.39, 0.29) is 41.1 Å². The van der Waals surface area contributed by atoms with Gasteiger partial charge in [-0.2, -0.15) is 8.78 Å². The van der Waals surface area contributed by atoms with Crippen molar-refractivity contribution >= 4 is 0 Å². The number of alkyl halides is 7. The number of ether oxygens (including phenoxy) is 1. The quantitative estimate of drug-likeness (QED) is 0.570. The zero-order chi connectivity index (χ0) is 20.6. The Balaban J connectivity index is 0.00000300. The van der Waals surface area contributed by atoms with Crippen molar-refractivity contribution in [1.29, 1.82) is 0 Å². The van der Waals surface area contributed by atoms with Gasteiger partial charge in [-0.3, -0.25) is 0 Å². The van der Waals surface area contributed by atoms with Gasteiger partial charge in [0.25, 0.3) is 0 Å². The van der Waals surface area contributed by atoms with E-state index < -0.39 is 61.8 Å². The summed E-state index contributed by atoms with van der Waals surface area (Å²) in [6, 6.07) is 0. The van der Waals surface area contributed by atoms with Gasteiger partial charge in [0.15, 0.2) is 6.17 Å². The van der Waals surface area contributed by atoms with E-state index in [1.165, 1.54) is 0 Å². The van der Waals surface area contributed by atoms with E-state index in [1.807, 2.05) is 0 Å². The summed E-state index contributed by atoms with van der Waals surface area (Å²) in [7, 11) is 0. The van der Waals surface area contributed by atoms with Crippen LogP contribution in [0.15, 0.2) is 0 Å². The predicted molar refractivity (Wildman–Crippen MR) is 102 cm³/mol. The Morgan fingerprint density at radius 3 is 1.55 bits per heavy atom. The summed E-state index contributed by atoms with van der Waals surface area (Å²) in [5, 5.41) is 0. The lowest BCUT2D eigenvalue weighted by molar-refractivity contribution is -0.323. The van der Waals surface area contributed by atoms with E-state index in [9.17, 15) is 30.7 Å². The predicted octanol–water partition coefficient (Wildman–Crippen LogP) is 3.83. The molecule has 3 fully saturated rings. The third-order valence-corrected chi connectivity index (χ3v) is 6.94. The Bertz CT molecular complexity index is 498. The zero-order valence-electron chi connectivity index (χ0n) is 17.5. The normalized spacial score (nSPS) is 43.7. The Morgan fingerprint density at radius 2 is 1.10 bits per heavy atom. The second-order valence-corrected chi connectivity index (χ2v) is 9.06. The topological polar surface area (TPSA) is 104 Å². The summed E-state index contributed by atoms with van der Waals surface area (Å²) in [5.74, 6) is -1.86. The maximum atomic E-state index is 14.6. The Labute approximate surface area is 177 Å². The lowest BCUT2D eigenvalue weighted by atomic mass is 9.68. The largest absolute Gasteiger partial charge is 0.412 e. The highest BCUT2D eigenvalue weighted by Crippen LogP contribution is 2.48. The molecule has 0 spiro atoms. The van der Waals surface area contributed by atoms with Crippen LogP contribution in [0.25, 0.3) is 0 Å². The second kappa shape index (κ2) is 12.0. The lowest BCUT2D eigenvalue weighted by Gasteiger charge is -2.43. The number of rotatable bonds is 4. The molecule has 3 aliphatic rings. The maximum Gasteiger partial charge on any atom is 0.364 e. The first-order chi connectivity index (χ1) is 13.1. The van der Waals surface area contributed by atoms with Crippen LogP contribution >= 0.6 is 0 Å². The van der Waals surface area contributed by atoms with Crippen LogP contribution in [0.3, 0.4) is 0 Å². The minimum absolute atomic E-state index is 0. The third-order valence-electron chi connectivity index (χ3n) is 6.94. The van der Waals surface area contributed by atoms with Crippen LogP contribution in [-0.2, 0) is 4.74 Å². The standard InChI is InChI=1S/C20H29F7O.3H2O/c1-10-2-4-11(5-3-10)12-6-14(21)18(15(22)7-12)20(26,27)28-13-8-16(23)19(25)17(24)9-13;;;/h10-19H,2-9H2,1H3;3*1H2. The first-order valence-corrected chi connectivity index (χ1v) is 10.3. The van der Waals surface area contributed by atoms with E-state index in [0.717, 1.165) is 25.7 Å². The van der Waals surface area contributed by atoms with Crippen LogP contribution in [0.2, 0.25) is 0 Å².